The lowest BCUT2D eigenvalue weighted by atomic mass is 10.3. The van der Waals surface area contributed by atoms with Crippen LogP contribution in [0.1, 0.15) is 6.92 Å². The number of hydrogen-bond donors (Lipinski definition) is 2. The quantitative estimate of drug-likeness (QED) is 0.536. The van der Waals surface area contributed by atoms with Gasteiger partial charge in [-0.3, -0.25) is 5.43 Å². The molecular weight excluding hydrogens is 116 g/mol. The minimum Gasteiger partial charge on any atom is -0.481 e. The standard InChI is InChI=1S/C6H10N2O/c1-5-3-6(9-2)8-7-4-5/h3-4,7-8H,1-2H3. The first-order valence-corrected chi connectivity index (χ1v) is 2.77. The van der Waals surface area contributed by atoms with Crippen molar-refractivity contribution in [3.05, 3.63) is 23.7 Å². The fourth-order valence-corrected chi connectivity index (χ4v) is 0.616. The number of methoxy groups -OCH3 is 1. The number of ether oxygens (including phenoxy) is 1. The summed E-state index contributed by atoms with van der Waals surface area (Å²) in [5, 5.41) is 0. The van der Waals surface area contributed by atoms with Gasteiger partial charge in [-0.1, -0.05) is 0 Å². The average molecular weight is 126 g/mol. The third-order valence-electron chi connectivity index (χ3n) is 1.07. The molecule has 9 heavy (non-hydrogen) atoms. The molecule has 0 aromatic heterocycles. The predicted octanol–water partition coefficient (Wildman–Crippen LogP) is 0.486. The second-order valence-corrected chi connectivity index (χ2v) is 1.87. The van der Waals surface area contributed by atoms with Gasteiger partial charge in [-0.25, -0.2) is 0 Å². The van der Waals surface area contributed by atoms with E-state index in [4.69, 9.17) is 4.74 Å². The van der Waals surface area contributed by atoms with Crippen LogP contribution in [0.3, 0.4) is 0 Å². The molecule has 2 N–H and O–H groups in total. The molecule has 3 heteroatoms. The Kier molecular flexibility index (Phi) is 1.63. The number of rotatable bonds is 1. The third kappa shape index (κ3) is 1.38. The van der Waals surface area contributed by atoms with Gasteiger partial charge in [-0.2, -0.15) is 0 Å². The zero-order valence-electron chi connectivity index (χ0n) is 5.56. The van der Waals surface area contributed by atoms with Gasteiger partial charge in [0.25, 0.3) is 0 Å². The van der Waals surface area contributed by atoms with Gasteiger partial charge in [-0.15, -0.1) is 0 Å². The van der Waals surface area contributed by atoms with Crippen LogP contribution in [0.15, 0.2) is 23.7 Å². The predicted molar refractivity (Wildman–Crippen MR) is 35.1 cm³/mol. The molecule has 0 amide bonds. The van der Waals surface area contributed by atoms with Gasteiger partial charge in [0.1, 0.15) is 0 Å². The van der Waals surface area contributed by atoms with E-state index in [9.17, 15) is 0 Å². The van der Waals surface area contributed by atoms with E-state index in [0.717, 1.165) is 11.5 Å². The maximum absolute atomic E-state index is 4.91. The largest absolute Gasteiger partial charge is 0.481 e. The van der Waals surface area contributed by atoms with Crippen LogP contribution < -0.4 is 10.9 Å². The van der Waals surface area contributed by atoms with Gasteiger partial charge in [0.2, 0.25) is 5.88 Å². The number of hydrazine groups is 1. The van der Waals surface area contributed by atoms with E-state index >= 15 is 0 Å². The highest BCUT2D eigenvalue weighted by molar-refractivity contribution is 5.19. The van der Waals surface area contributed by atoms with E-state index < -0.39 is 0 Å². The Balaban J connectivity index is 2.63. The fraction of sp³-hybridized carbons (Fsp3) is 0.333. The molecule has 1 heterocycles. The first-order valence-electron chi connectivity index (χ1n) is 2.77. The molecule has 0 spiro atoms. The minimum absolute atomic E-state index is 0.745. The Bertz CT molecular complexity index is 160. The lowest BCUT2D eigenvalue weighted by Gasteiger charge is -2.13. The van der Waals surface area contributed by atoms with Gasteiger partial charge in [0.05, 0.1) is 7.11 Å². The van der Waals surface area contributed by atoms with E-state index in [1.807, 2.05) is 19.2 Å². The van der Waals surface area contributed by atoms with Crippen LogP contribution in [-0.4, -0.2) is 7.11 Å². The highest BCUT2D eigenvalue weighted by atomic mass is 16.5. The van der Waals surface area contributed by atoms with Gasteiger partial charge >= 0.3 is 0 Å². The van der Waals surface area contributed by atoms with Crippen LogP contribution in [-0.2, 0) is 4.74 Å². The summed E-state index contributed by atoms with van der Waals surface area (Å²) < 4.78 is 4.91. The number of nitrogens with one attached hydrogen (secondary N) is 2. The average Bonchev–Trinajstić information content (AvgIpc) is 1.88. The van der Waals surface area contributed by atoms with Crippen molar-refractivity contribution in [3.63, 3.8) is 0 Å². The summed E-state index contributed by atoms with van der Waals surface area (Å²) in [7, 11) is 1.62. The summed E-state index contributed by atoms with van der Waals surface area (Å²) in [5.74, 6) is 0.745. The smallest absolute Gasteiger partial charge is 0.205 e. The second-order valence-electron chi connectivity index (χ2n) is 1.87. The van der Waals surface area contributed by atoms with Crippen LogP contribution >= 0.6 is 0 Å². The van der Waals surface area contributed by atoms with Crippen molar-refractivity contribution in [2.45, 2.75) is 6.92 Å². The monoisotopic (exact) mass is 126 g/mol. The summed E-state index contributed by atoms with van der Waals surface area (Å²) in [6.07, 6.45) is 3.78. The summed E-state index contributed by atoms with van der Waals surface area (Å²) in [6.45, 7) is 1.99. The van der Waals surface area contributed by atoms with Gasteiger partial charge in [0.15, 0.2) is 0 Å². The zero-order valence-corrected chi connectivity index (χ0v) is 5.56. The molecule has 0 fully saturated rings. The van der Waals surface area contributed by atoms with Gasteiger partial charge in [0, 0.05) is 12.3 Å². The molecule has 1 aliphatic heterocycles. The van der Waals surface area contributed by atoms with E-state index in [1.165, 1.54) is 0 Å². The van der Waals surface area contributed by atoms with Gasteiger partial charge < -0.3 is 10.2 Å². The van der Waals surface area contributed by atoms with Crippen molar-refractivity contribution in [2.75, 3.05) is 7.11 Å². The fourth-order valence-electron chi connectivity index (χ4n) is 0.616. The molecule has 0 aliphatic carbocycles. The van der Waals surface area contributed by atoms with E-state index in [1.54, 1.807) is 7.11 Å². The highest BCUT2D eigenvalue weighted by Crippen LogP contribution is 2.01. The normalized spacial score (nSPS) is 16.7. The highest BCUT2D eigenvalue weighted by Gasteiger charge is 1.97. The zero-order chi connectivity index (χ0) is 6.69. The van der Waals surface area contributed by atoms with E-state index in [2.05, 4.69) is 10.9 Å². The van der Waals surface area contributed by atoms with Crippen LogP contribution in [0.4, 0.5) is 0 Å². The Hall–Kier alpha value is -1.12. The van der Waals surface area contributed by atoms with Crippen molar-refractivity contribution < 1.29 is 4.74 Å². The second kappa shape index (κ2) is 2.44. The SMILES string of the molecule is COC1=CC(C)=CNN1. The van der Waals surface area contributed by atoms with Crippen LogP contribution in [0, 0.1) is 0 Å². The molecule has 50 valence electrons. The molecule has 0 saturated heterocycles. The van der Waals surface area contributed by atoms with Crippen LogP contribution in [0.2, 0.25) is 0 Å². The molecule has 0 saturated carbocycles. The van der Waals surface area contributed by atoms with Crippen molar-refractivity contribution in [1.82, 2.24) is 10.9 Å². The number of allylic oxidation sites excluding steroid dienone is 2. The first kappa shape index (κ1) is 6.01. The maximum Gasteiger partial charge on any atom is 0.205 e. The molecule has 1 aliphatic rings. The van der Waals surface area contributed by atoms with Gasteiger partial charge in [-0.05, 0) is 12.5 Å². The third-order valence-corrected chi connectivity index (χ3v) is 1.07. The first-order chi connectivity index (χ1) is 4.33. The van der Waals surface area contributed by atoms with Crippen molar-refractivity contribution in [2.24, 2.45) is 0 Å². The molecule has 1 rings (SSSR count). The van der Waals surface area contributed by atoms with E-state index in [0.29, 0.717) is 0 Å². The molecule has 0 atom stereocenters. The minimum atomic E-state index is 0.745. The Labute approximate surface area is 54.4 Å². The van der Waals surface area contributed by atoms with Crippen molar-refractivity contribution in [1.29, 1.82) is 0 Å². The lowest BCUT2D eigenvalue weighted by molar-refractivity contribution is 0.251. The Morgan fingerprint density at radius 3 is 2.78 bits per heavy atom. The van der Waals surface area contributed by atoms with Crippen molar-refractivity contribution >= 4 is 0 Å². The Morgan fingerprint density at radius 1 is 1.56 bits per heavy atom. The molecule has 0 bridgehead atoms. The molecule has 3 nitrogen and oxygen atoms in total. The molecule has 0 aromatic carbocycles. The molecular formula is C6H10N2O. The number of hydrogen-bond acceptors (Lipinski definition) is 3. The topological polar surface area (TPSA) is 33.3 Å². The van der Waals surface area contributed by atoms with Crippen LogP contribution in [0.25, 0.3) is 0 Å². The summed E-state index contributed by atoms with van der Waals surface area (Å²) in [6, 6.07) is 0. The van der Waals surface area contributed by atoms with Crippen molar-refractivity contribution in [3.8, 4) is 0 Å². The molecule has 0 aromatic rings. The summed E-state index contributed by atoms with van der Waals surface area (Å²) >= 11 is 0. The lowest BCUT2D eigenvalue weighted by Crippen LogP contribution is -2.29. The van der Waals surface area contributed by atoms with Crippen LogP contribution in [0.5, 0.6) is 0 Å². The molecule has 0 unspecified atom stereocenters. The maximum atomic E-state index is 4.91. The molecule has 0 radical (unpaired) electrons. The Morgan fingerprint density at radius 2 is 2.33 bits per heavy atom. The summed E-state index contributed by atoms with van der Waals surface area (Å²) in [4.78, 5) is 0. The van der Waals surface area contributed by atoms with E-state index in [-0.39, 0.29) is 0 Å². The summed E-state index contributed by atoms with van der Waals surface area (Å²) in [5.41, 5.74) is 6.79.